The molecule has 3 nitrogen and oxygen atoms in total. The fourth-order valence-corrected chi connectivity index (χ4v) is 3.44. The van der Waals surface area contributed by atoms with Gasteiger partial charge in [0.05, 0.1) is 16.3 Å². The fraction of sp³-hybridized carbons (Fsp3) is 0.176. The van der Waals surface area contributed by atoms with E-state index in [0.717, 1.165) is 15.8 Å². The first-order valence-electron chi connectivity index (χ1n) is 7.07. The van der Waals surface area contributed by atoms with Gasteiger partial charge in [-0.1, -0.05) is 22.9 Å². The number of aromatic nitrogens is 1. The third kappa shape index (κ3) is 3.21. The monoisotopic (exact) mass is 348 g/mol. The lowest BCUT2D eigenvalue weighted by Crippen LogP contribution is -2.26. The van der Waals surface area contributed by atoms with E-state index in [2.05, 4.69) is 10.3 Å². The predicted molar refractivity (Wildman–Crippen MR) is 93.2 cm³/mol. The molecule has 0 amide bonds. The highest BCUT2D eigenvalue weighted by atomic mass is 35.5. The number of anilines is 1. The van der Waals surface area contributed by atoms with Crippen LogP contribution in [0.3, 0.4) is 0 Å². The van der Waals surface area contributed by atoms with Crippen LogP contribution in [-0.2, 0) is 0 Å². The number of fused-ring (bicyclic) bond motifs is 1. The Morgan fingerprint density at radius 2 is 1.96 bits per heavy atom. The molecule has 1 N–H and O–H groups in total. The highest BCUT2D eigenvalue weighted by Gasteiger charge is 2.17. The van der Waals surface area contributed by atoms with Crippen LogP contribution in [0.25, 0.3) is 10.2 Å². The van der Waals surface area contributed by atoms with Crippen LogP contribution < -0.4 is 5.32 Å². The molecule has 0 aliphatic carbocycles. The molecule has 1 heterocycles. The highest BCUT2D eigenvalue weighted by Crippen LogP contribution is 2.32. The average Bonchev–Trinajstić information content (AvgIpc) is 2.94. The lowest BCUT2D eigenvalue weighted by atomic mass is 10.1. The van der Waals surface area contributed by atoms with E-state index in [0.29, 0.717) is 15.7 Å². The molecule has 1 atom stereocenters. The first-order valence-corrected chi connectivity index (χ1v) is 8.27. The quantitative estimate of drug-likeness (QED) is 0.668. The molecule has 0 aliphatic heterocycles. The van der Waals surface area contributed by atoms with E-state index >= 15 is 0 Å². The minimum absolute atomic E-state index is 0.112. The van der Waals surface area contributed by atoms with E-state index in [1.165, 1.54) is 35.6 Å². The topological polar surface area (TPSA) is 42.0 Å². The molecular weight excluding hydrogens is 335 g/mol. The van der Waals surface area contributed by atoms with Gasteiger partial charge in [-0.3, -0.25) is 4.79 Å². The number of carbonyl (C=O) groups excluding carboxylic acids is 1. The van der Waals surface area contributed by atoms with Gasteiger partial charge >= 0.3 is 0 Å². The second-order valence-corrected chi connectivity index (χ2v) is 6.71. The first-order chi connectivity index (χ1) is 11.0. The number of benzene rings is 2. The lowest BCUT2D eigenvalue weighted by Gasteiger charge is -2.11. The zero-order chi connectivity index (χ0) is 16.6. The van der Waals surface area contributed by atoms with Crippen LogP contribution in [0.4, 0.5) is 9.52 Å². The van der Waals surface area contributed by atoms with Crippen molar-refractivity contribution in [1.29, 1.82) is 0 Å². The van der Waals surface area contributed by atoms with Crippen LogP contribution in [0.2, 0.25) is 5.02 Å². The minimum Gasteiger partial charge on any atom is -0.352 e. The Kier molecular flexibility index (Phi) is 4.33. The Bertz CT molecular complexity index is 876. The molecule has 0 saturated carbocycles. The van der Waals surface area contributed by atoms with Crippen molar-refractivity contribution < 1.29 is 9.18 Å². The summed E-state index contributed by atoms with van der Waals surface area (Å²) in [5, 5.41) is 4.44. The maximum atomic E-state index is 12.9. The molecule has 1 unspecified atom stereocenters. The number of nitrogens with one attached hydrogen (secondary N) is 1. The third-order valence-corrected chi connectivity index (χ3v) is 4.97. The van der Waals surface area contributed by atoms with E-state index in [1.807, 2.05) is 19.1 Å². The van der Waals surface area contributed by atoms with E-state index in [4.69, 9.17) is 11.6 Å². The van der Waals surface area contributed by atoms with Crippen LogP contribution in [0, 0.1) is 12.7 Å². The van der Waals surface area contributed by atoms with Gasteiger partial charge in [0, 0.05) is 10.6 Å². The van der Waals surface area contributed by atoms with Gasteiger partial charge in [0.15, 0.2) is 10.9 Å². The zero-order valence-electron chi connectivity index (χ0n) is 12.6. The fourth-order valence-electron chi connectivity index (χ4n) is 2.28. The number of aryl methyl sites for hydroxylation is 1. The van der Waals surface area contributed by atoms with Crippen molar-refractivity contribution in [1.82, 2.24) is 4.98 Å². The summed E-state index contributed by atoms with van der Waals surface area (Å²) >= 11 is 7.58. The molecule has 23 heavy (non-hydrogen) atoms. The number of hydrogen-bond acceptors (Lipinski definition) is 4. The van der Waals surface area contributed by atoms with Crippen molar-refractivity contribution in [3.05, 3.63) is 58.4 Å². The number of hydrogen-bond donors (Lipinski definition) is 1. The van der Waals surface area contributed by atoms with Gasteiger partial charge in [-0.2, -0.15) is 0 Å². The molecular formula is C17H14ClFN2OS. The van der Waals surface area contributed by atoms with Gasteiger partial charge in [-0.15, -0.1) is 0 Å². The number of Topliss-reactive ketones (excluding diaryl/α,β-unsaturated/α-hetero) is 1. The van der Waals surface area contributed by atoms with E-state index in [-0.39, 0.29) is 11.6 Å². The summed E-state index contributed by atoms with van der Waals surface area (Å²) in [4.78, 5) is 16.9. The maximum absolute atomic E-state index is 12.9. The van der Waals surface area contributed by atoms with Crippen LogP contribution in [0.15, 0.2) is 36.4 Å². The van der Waals surface area contributed by atoms with Crippen LogP contribution in [0.1, 0.15) is 22.8 Å². The second kappa shape index (κ2) is 6.26. The van der Waals surface area contributed by atoms with Crippen molar-refractivity contribution in [2.24, 2.45) is 0 Å². The van der Waals surface area contributed by atoms with Crippen molar-refractivity contribution in [3.8, 4) is 0 Å². The average molecular weight is 349 g/mol. The molecule has 2 aromatic carbocycles. The van der Waals surface area contributed by atoms with Crippen molar-refractivity contribution in [3.63, 3.8) is 0 Å². The van der Waals surface area contributed by atoms with Gasteiger partial charge in [0.25, 0.3) is 0 Å². The van der Waals surface area contributed by atoms with E-state index in [1.54, 1.807) is 6.92 Å². The van der Waals surface area contributed by atoms with Crippen LogP contribution >= 0.6 is 22.9 Å². The molecule has 3 rings (SSSR count). The molecule has 0 bridgehead atoms. The molecule has 1 aromatic heterocycles. The largest absolute Gasteiger partial charge is 0.352 e. The van der Waals surface area contributed by atoms with Crippen molar-refractivity contribution in [2.45, 2.75) is 19.9 Å². The Labute approximate surface area is 142 Å². The summed E-state index contributed by atoms with van der Waals surface area (Å²) in [5.41, 5.74) is 2.23. The van der Waals surface area contributed by atoms with Crippen molar-refractivity contribution >= 4 is 44.1 Å². The van der Waals surface area contributed by atoms with Crippen LogP contribution in [-0.4, -0.2) is 16.8 Å². The second-order valence-electron chi connectivity index (χ2n) is 5.28. The normalized spacial score (nSPS) is 12.3. The Balaban J connectivity index is 1.82. The highest BCUT2D eigenvalue weighted by molar-refractivity contribution is 7.22. The number of carbonyl (C=O) groups is 1. The smallest absolute Gasteiger partial charge is 0.184 e. The molecule has 3 aromatic rings. The Hall–Kier alpha value is -1.98. The van der Waals surface area contributed by atoms with Crippen molar-refractivity contribution in [2.75, 3.05) is 5.32 Å². The number of rotatable bonds is 4. The minimum atomic E-state index is -0.461. The molecule has 0 aliphatic rings. The lowest BCUT2D eigenvalue weighted by molar-refractivity contribution is 0.0975. The van der Waals surface area contributed by atoms with E-state index in [9.17, 15) is 9.18 Å². The Morgan fingerprint density at radius 3 is 2.65 bits per heavy atom. The number of thiazole rings is 1. The number of nitrogens with zero attached hydrogens (tertiary/aromatic N) is 1. The summed E-state index contributed by atoms with van der Waals surface area (Å²) in [6, 6.07) is 8.83. The standard InChI is InChI=1S/C17H14ClFN2OS/c1-9-13(18)7-8-14-15(9)21-17(23-14)20-10(2)16(22)11-3-5-12(19)6-4-11/h3-8,10H,1-2H3,(H,20,21). The van der Waals surface area contributed by atoms with Gasteiger partial charge in [-0.05, 0) is 55.8 Å². The maximum Gasteiger partial charge on any atom is 0.184 e. The Morgan fingerprint density at radius 1 is 1.26 bits per heavy atom. The summed E-state index contributed by atoms with van der Waals surface area (Å²) in [6.07, 6.45) is 0. The molecule has 0 radical (unpaired) electrons. The van der Waals surface area contributed by atoms with Gasteiger partial charge in [0.2, 0.25) is 0 Å². The first kappa shape index (κ1) is 15.9. The summed E-state index contributed by atoms with van der Waals surface area (Å²) in [7, 11) is 0. The summed E-state index contributed by atoms with van der Waals surface area (Å²) in [5.74, 6) is -0.473. The van der Waals surface area contributed by atoms with Crippen LogP contribution in [0.5, 0.6) is 0 Å². The number of halogens is 2. The summed E-state index contributed by atoms with van der Waals surface area (Å²) in [6.45, 7) is 3.68. The molecule has 0 fully saturated rings. The molecule has 118 valence electrons. The van der Waals surface area contributed by atoms with E-state index < -0.39 is 6.04 Å². The van der Waals surface area contributed by atoms with Gasteiger partial charge in [-0.25, -0.2) is 9.37 Å². The number of ketones is 1. The molecule has 0 saturated heterocycles. The molecule has 0 spiro atoms. The SMILES string of the molecule is Cc1c(Cl)ccc2sc(NC(C)C(=O)c3ccc(F)cc3)nc12. The zero-order valence-corrected chi connectivity index (χ0v) is 14.1. The summed E-state index contributed by atoms with van der Waals surface area (Å²) < 4.78 is 14.0. The predicted octanol–water partition coefficient (Wildman–Crippen LogP) is 5.08. The molecule has 6 heteroatoms. The van der Waals surface area contributed by atoms with Gasteiger partial charge in [0.1, 0.15) is 5.82 Å². The third-order valence-electron chi connectivity index (χ3n) is 3.61. The van der Waals surface area contributed by atoms with Gasteiger partial charge < -0.3 is 5.32 Å².